The summed E-state index contributed by atoms with van der Waals surface area (Å²) in [6.45, 7) is 2.80. The molecule has 0 saturated carbocycles. The Morgan fingerprint density at radius 2 is 2.33 bits per heavy atom. The fraction of sp³-hybridized carbons (Fsp3) is 0.273. The Bertz CT molecular complexity index is 538. The van der Waals surface area contributed by atoms with E-state index in [2.05, 4.69) is 15.4 Å². The van der Waals surface area contributed by atoms with Crippen LogP contribution in [0.25, 0.3) is 5.82 Å². The first-order valence-electron chi connectivity index (χ1n) is 5.61. The first-order valence-corrected chi connectivity index (χ1v) is 5.61. The molecule has 0 aromatic carbocycles. The summed E-state index contributed by atoms with van der Waals surface area (Å²) in [5.74, 6) is 0.819. The lowest BCUT2D eigenvalue weighted by Gasteiger charge is -2.07. The number of rotatable bonds is 5. The van der Waals surface area contributed by atoms with E-state index >= 15 is 0 Å². The first-order chi connectivity index (χ1) is 8.72. The molecule has 0 amide bonds. The van der Waals surface area contributed by atoms with E-state index in [1.807, 2.05) is 6.92 Å². The highest BCUT2D eigenvalue weighted by Gasteiger charge is 2.17. The highest BCUT2D eigenvalue weighted by Crippen LogP contribution is 2.22. The number of hydrogen-bond donors (Lipinski definition) is 1. The summed E-state index contributed by atoms with van der Waals surface area (Å²) in [5.41, 5.74) is -0.0688. The molecular weight excluding hydrogens is 234 g/mol. The zero-order valence-electron chi connectivity index (χ0n) is 9.91. The summed E-state index contributed by atoms with van der Waals surface area (Å²) >= 11 is 0. The second-order valence-corrected chi connectivity index (χ2v) is 3.67. The number of nitro groups is 1. The van der Waals surface area contributed by atoms with Gasteiger partial charge in [0.05, 0.1) is 4.92 Å². The summed E-state index contributed by atoms with van der Waals surface area (Å²) < 4.78 is 1.38. The van der Waals surface area contributed by atoms with E-state index in [1.54, 1.807) is 24.5 Å². The molecule has 0 spiro atoms. The Morgan fingerprint density at radius 3 is 2.94 bits per heavy atom. The third kappa shape index (κ3) is 2.45. The normalized spacial score (nSPS) is 10.3. The molecule has 18 heavy (non-hydrogen) atoms. The SMILES string of the molecule is CCCNc1ccc([N+](=O)[O-])c(-n2cccn2)n1. The van der Waals surface area contributed by atoms with Crippen molar-refractivity contribution in [2.45, 2.75) is 13.3 Å². The molecular formula is C11H13N5O2. The Labute approximate surface area is 104 Å². The van der Waals surface area contributed by atoms with Gasteiger partial charge in [-0.25, -0.2) is 9.67 Å². The molecule has 0 aliphatic rings. The van der Waals surface area contributed by atoms with Crippen molar-refractivity contribution in [3.05, 3.63) is 40.7 Å². The van der Waals surface area contributed by atoms with E-state index in [4.69, 9.17) is 0 Å². The fourth-order valence-electron chi connectivity index (χ4n) is 1.50. The molecule has 2 aromatic rings. The quantitative estimate of drug-likeness (QED) is 0.645. The highest BCUT2D eigenvalue weighted by molar-refractivity contribution is 5.52. The topological polar surface area (TPSA) is 85.9 Å². The largest absolute Gasteiger partial charge is 0.370 e. The molecule has 7 heteroatoms. The molecule has 0 saturated heterocycles. The van der Waals surface area contributed by atoms with Gasteiger partial charge in [-0.05, 0) is 18.6 Å². The first kappa shape index (κ1) is 12.0. The molecule has 0 bridgehead atoms. The average molecular weight is 247 g/mol. The van der Waals surface area contributed by atoms with Crippen molar-refractivity contribution in [3.8, 4) is 5.82 Å². The minimum absolute atomic E-state index is 0.0688. The van der Waals surface area contributed by atoms with Gasteiger partial charge < -0.3 is 5.32 Å². The van der Waals surface area contributed by atoms with Crippen molar-refractivity contribution in [3.63, 3.8) is 0 Å². The zero-order chi connectivity index (χ0) is 13.0. The van der Waals surface area contributed by atoms with E-state index in [0.29, 0.717) is 5.82 Å². The van der Waals surface area contributed by atoms with Gasteiger partial charge in [-0.3, -0.25) is 10.1 Å². The van der Waals surface area contributed by atoms with Gasteiger partial charge in [0, 0.05) is 25.0 Å². The van der Waals surface area contributed by atoms with Gasteiger partial charge in [-0.1, -0.05) is 6.92 Å². The highest BCUT2D eigenvalue weighted by atomic mass is 16.6. The van der Waals surface area contributed by atoms with Crippen LogP contribution in [0.5, 0.6) is 0 Å². The number of pyridine rings is 1. The Hall–Kier alpha value is -2.44. The number of anilines is 1. The number of nitrogens with zero attached hydrogens (tertiary/aromatic N) is 4. The van der Waals surface area contributed by atoms with Crippen LogP contribution in [0.4, 0.5) is 11.5 Å². The van der Waals surface area contributed by atoms with Crippen molar-refractivity contribution < 1.29 is 4.92 Å². The van der Waals surface area contributed by atoms with Gasteiger partial charge in [0.15, 0.2) is 0 Å². The van der Waals surface area contributed by atoms with Crippen molar-refractivity contribution in [1.29, 1.82) is 0 Å². The minimum atomic E-state index is -0.465. The molecule has 0 atom stereocenters. The average Bonchev–Trinajstić information content (AvgIpc) is 2.89. The molecule has 2 heterocycles. The third-order valence-corrected chi connectivity index (χ3v) is 2.33. The second kappa shape index (κ2) is 5.26. The van der Waals surface area contributed by atoms with Gasteiger partial charge in [0.25, 0.3) is 0 Å². The predicted octanol–water partition coefficient (Wildman–Crippen LogP) is 2.00. The molecule has 0 aliphatic heterocycles. The molecule has 94 valence electrons. The van der Waals surface area contributed by atoms with Crippen LogP contribution < -0.4 is 5.32 Å². The maximum Gasteiger partial charge on any atom is 0.313 e. The molecule has 2 aromatic heterocycles. The molecule has 0 fully saturated rings. The number of aromatic nitrogens is 3. The van der Waals surface area contributed by atoms with Crippen molar-refractivity contribution in [1.82, 2.24) is 14.8 Å². The van der Waals surface area contributed by atoms with E-state index in [-0.39, 0.29) is 11.5 Å². The zero-order valence-corrected chi connectivity index (χ0v) is 9.91. The van der Waals surface area contributed by atoms with Crippen LogP contribution in [0.2, 0.25) is 0 Å². The minimum Gasteiger partial charge on any atom is -0.370 e. The van der Waals surface area contributed by atoms with Gasteiger partial charge in [0.1, 0.15) is 5.82 Å². The smallest absolute Gasteiger partial charge is 0.313 e. The van der Waals surface area contributed by atoms with E-state index < -0.39 is 4.92 Å². The lowest BCUT2D eigenvalue weighted by molar-refractivity contribution is -0.384. The summed E-state index contributed by atoms with van der Waals surface area (Å²) in [6, 6.07) is 4.72. The number of nitrogens with one attached hydrogen (secondary N) is 1. The summed E-state index contributed by atoms with van der Waals surface area (Å²) in [7, 11) is 0. The Balaban J connectivity index is 2.42. The number of hydrogen-bond acceptors (Lipinski definition) is 5. The monoisotopic (exact) mass is 247 g/mol. The standard InChI is InChI=1S/C11H13N5O2/c1-2-6-12-10-5-4-9(16(17)18)11(14-10)15-8-3-7-13-15/h3-5,7-8H,2,6H2,1H3,(H,12,14). The molecule has 0 radical (unpaired) electrons. The van der Waals surface area contributed by atoms with Crippen molar-refractivity contribution >= 4 is 11.5 Å². The van der Waals surface area contributed by atoms with Crippen molar-refractivity contribution in [2.75, 3.05) is 11.9 Å². The van der Waals surface area contributed by atoms with Crippen LogP contribution in [-0.4, -0.2) is 26.2 Å². The van der Waals surface area contributed by atoms with Gasteiger partial charge in [-0.2, -0.15) is 5.10 Å². The van der Waals surface area contributed by atoms with Crippen LogP contribution in [-0.2, 0) is 0 Å². The van der Waals surface area contributed by atoms with Gasteiger partial charge in [-0.15, -0.1) is 0 Å². The van der Waals surface area contributed by atoms with Gasteiger partial charge in [0.2, 0.25) is 5.82 Å². The van der Waals surface area contributed by atoms with Crippen LogP contribution in [0, 0.1) is 10.1 Å². The fourth-order valence-corrected chi connectivity index (χ4v) is 1.50. The van der Waals surface area contributed by atoms with Crippen LogP contribution in [0.3, 0.4) is 0 Å². The summed E-state index contributed by atoms with van der Waals surface area (Å²) in [4.78, 5) is 14.7. The maximum absolute atomic E-state index is 10.9. The molecule has 0 unspecified atom stereocenters. The van der Waals surface area contributed by atoms with Crippen LogP contribution in [0.15, 0.2) is 30.6 Å². The van der Waals surface area contributed by atoms with Crippen molar-refractivity contribution in [2.24, 2.45) is 0 Å². The van der Waals surface area contributed by atoms with E-state index in [1.165, 1.54) is 10.7 Å². The lowest BCUT2D eigenvalue weighted by Crippen LogP contribution is -2.07. The maximum atomic E-state index is 10.9. The molecule has 2 rings (SSSR count). The Morgan fingerprint density at radius 1 is 1.50 bits per heavy atom. The second-order valence-electron chi connectivity index (χ2n) is 3.67. The van der Waals surface area contributed by atoms with Crippen LogP contribution in [0.1, 0.15) is 13.3 Å². The summed E-state index contributed by atoms with van der Waals surface area (Å²) in [6.07, 6.45) is 4.13. The molecule has 0 aliphatic carbocycles. The lowest BCUT2D eigenvalue weighted by atomic mass is 10.3. The van der Waals surface area contributed by atoms with Gasteiger partial charge >= 0.3 is 5.69 Å². The van der Waals surface area contributed by atoms with Crippen LogP contribution >= 0.6 is 0 Å². The summed E-state index contributed by atoms with van der Waals surface area (Å²) in [5, 5.41) is 18.0. The Kier molecular flexibility index (Phi) is 3.52. The molecule has 1 N–H and O–H groups in total. The van der Waals surface area contributed by atoms with E-state index in [9.17, 15) is 10.1 Å². The predicted molar refractivity (Wildman–Crippen MR) is 66.8 cm³/mol. The van der Waals surface area contributed by atoms with E-state index in [0.717, 1.165) is 13.0 Å². The molecule has 7 nitrogen and oxygen atoms in total. The third-order valence-electron chi connectivity index (χ3n) is 2.33.